The number of methoxy groups -OCH3 is 1. The Bertz CT molecular complexity index is 341. The first-order valence-electron chi connectivity index (χ1n) is 8.62. The molecule has 0 aliphatic heterocycles. The Labute approximate surface area is 140 Å². The summed E-state index contributed by atoms with van der Waals surface area (Å²) < 4.78 is 20.8. The van der Waals surface area contributed by atoms with Gasteiger partial charge in [0.05, 0.1) is 6.16 Å². The van der Waals surface area contributed by atoms with Gasteiger partial charge in [0.15, 0.2) is 0 Å². The first kappa shape index (κ1) is 22.6. The van der Waals surface area contributed by atoms with E-state index in [2.05, 4.69) is 6.92 Å². The smallest absolute Gasteiger partial charge is 0.328 e. The predicted octanol–water partition coefficient (Wildman–Crippen LogP) is 3.64. The minimum Gasteiger partial charge on any atom is -0.463 e. The predicted molar refractivity (Wildman–Crippen MR) is 90.5 cm³/mol. The number of esters is 1. The van der Waals surface area contributed by atoms with Gasteiger partial charge in [-0.25, -0.2) is 0 Å². The van der Waals surface area contributed by atoms with E-state index >= 15 is 0 Å². The molecule has 138 valence electrons. The zero-order valence-electron chi connectivity index (χ0n) is 14.5. The largest absolute Gasteiger partial charge is 0.463 e. The number of ether oxygens (including phenoxy) is 2. The molecule has 0 amide bonds. The summed E-state index contributed by atoms with van der Waals surface area (Å²) in [6, 6.07) is 0. The van der Waals surface area contributed by atoms with Crippen molar-refractivity contribution in [3.05, 3.63) is 0 Å². The van der Waals surface area contributed by atoms with Gasteiger partial charge in [-0.05, 0) is 6.42 Å². The molecule has 0 aromatic carbocycles. The van der Waals surface area contributed by atoms with E-state index in [1.54, 1.807) is 0 Å². The van der Waals surface area contributed by atoms with Gasteiger partial charge >= 0.3 is 13.6 Å². The van der Waals surface area contributed by atoms with Crippen LogP contribution in [-0.2, 0) is 18.8 Å². The van der Waals surface area contributed by atoms with Crippen molar-refractivity contribution < 1.29 is 28.6 Å². The van der Waals surface area contributed by atoms with E-state index in [-0.39, 0.29) is 12.6 Å². The molecule has 0 spiro atoms. The lowest BCUT2D eigenvalue weighted by Gasteiger charge is -2.16. The molecular formula is C16H33O6P. The molecule has 0 saturated heterocycles. The molecule has 23 heavy (non-hydrogen) atoms. The topological polar surface area (TPSA) is 93.1 Å². The molecule has 0 saturated carbocycles. The fourth-order valence-corrected chi connectivity index (χ4v) is 3.08. The van der Waals surface area contributed by atoms with Crippen molar-refractivity contribution in [3.63, 3.8) is 0 Å². The van der Waals surface area contributed by atoms with Crippen molar-refractivity contribution in [3.8, 4) is 0 Å². The molecule has 0 heterocycles. The minimum absolute atomic E-state index is 0.113. The van der Waals surface area contributed by atoms with Crippen molar-refractivity contribution in [1.29, 1.82) is 0 Å². The lowest BCUT2D eigenvalue weighted by atomic mass is 10.1. The highest BCUT2D eigenvalue weighted by molar-refractivity contribution is 7.51. The number of carbonyl (C=O) groups excluding carboxylic acids is 1. The molecule has 0 rings (SSSR count). The summed E-state index contributed by atoms with van der Waals surface area (Å²) in [5.74, 6) is -0.333. The second-order valence-electron chi connectivity index (χ2n) is 5.97. The maximum Gasteiger partial charge on any atom is 0.328 e. The minimum atomic E-state index is -4.16. The molecular weight excluding hydrogens is 319 g/mol. The van der Waals surface area contributed by atoms with Gasteiger partial charge in [0.2, 0.25) is 0 Å². The first-order chi connectivity index (χ1) is 10.9. The maximum absolute atomic E-state index is 11.6. The fourth-order valence-electron chi connectivity index (χ4n) is 2.30. The van der Waals surface area contributed by atoms with Crippen LogP contribution in [0.3, 0.4) is 0 Å². The monoisotopic (exact) mass is 352 g/mol. The maximum atomic E-state index is 11.6. The molecule has 2 N–H and O–H groups in total. The van der Waals surface area contributed by atoms with Crippen molar-refractivity contribution in [2.24, 2.45) is 0 Å². The zero-order chi connectivity index (χ0) is 17.6. The Hall–Kier alpha value is -0.420. The van der Waals surface area contributed by atoms with Crippen LogP contribution in [0.1, 0.15) is 71.1 Å². The number of carbonyl (C=O) groups is 1. The van der Waals surface area contributed by atoms with Gasteiger partial charge in [0.1, 0.15) is 12.7 Å². The molecule has 0 aliphatic rings. The number of rotatable bonds is 15. The second-order valence-corrected chi connectivity index (χ2v) is 7.66. The van der Waals surface area contributed by atoms with Crippen LogP contribution in [0.5, 0.6) is 0 Å². The molecule has 0 aromatic rings. The van der Waals surface area contributed by atoms with Crippen LogP contribution in [0, 0.1) is 0 Å². The Morgan fingerprint density at radius 3 is 2.00 bits per heavy atom. The summed E-state index contributed by atoms with van der Waals surface area (Å²) in [5, 5.41) is 0. The summed E-state index contributed by atoms with van der Waals surface area (Å²) in [5.41, 5.74) is 0. The summed E-state index contributed by atoms with van der Waals surface area (Å²) in [7, 11) is -2.82. The molecule has 0 radical (unpaired) electrons. The summed E-state index contributed by atoms with van der Waals surface area (Å²) in [6.07, 6.45) is 9.78. The van der Waals surface area contributed by atoms with Crippen LogP contribution in [0.4, 0.5) is 0 Å². The SMILES string of the molecule is CCCCCCCCCCCC(=O)OCC(CP(=O)(O)O)OC. The van der Waals surface area contributed by atoms with Gasteiger partial charge < -0.3 is 19.3 Å². The molecule has 7 heteroatoms. The molecule has 6 nitrogen and oxygen atoms in total. The third kappa shape index (κ3) is 16.2. The Balaban J connectivity index is 3.54. The highest BCUT2D eigenvalue weighted by atomic mass is 31.2. The lowest BCUT2D eigenvalue weighted by Crippen LogP contribution is -2.24. The van der Waals surface area contributed by atoms with Gasteiger partial charge in [-0.2, -0.15) is 0 Å². The highest BCUT2D eigenvalue weighted by Crippen LogP contribution is 2.35. The van der Waals surface area contributed by atoms with Gasteiger partial charge in [-0.3, -0.25) is 9.36 Å². The van der Waals surface area contributed by atoms with E-state index in [4.69, 9.17) is 19.3 Å². The van der Waals surface area contributed by atoms with E-state index < -0.39 is 19.9 Å². The van der Waals surface area contributed by atoms with Crippen LogP contribution < -0.4 is 0 Å². The number of hydrogen-bond acceptors (Lipinski definition) is 4. The van der Waals surface area contributed by atoms with Crippen LogP contribution in [0.2, 0.25) is 0 Å². The van der Waals surface area contributed by atoms with E-state index in [9.17, 15) is 9.36 Å². The van der Waals surface area contributed by atoms with E-state index in [1.165, 1.54) is 45.6 Å². The van der Waals surface area contributed by atoms with Crippen LogP contribution >= 0.6 is 7.60 Å². The van der Waals surface area contributed by atoms with Gasteiger partial charge in [0.25, 0.3) is 0 Å². The molecule has 0 fully saturated rings. The van der Waals surface area contributed by atoms with Crippen molar-refractivity contribution in [2.45, 2.75) is 77.2 Å². The lowest BCUT2D eigenvalue weighted by molar-refractivity contribution is -0.147. The Kier molecular flexibility index (Phi) is 13.7. The fraction of sp³-hybridized carbons (Fsp3) is 0.938. The quantitative estimate of drug-likeness (QED) is 0.265. The number of hydrogen-bond donors (Lipinski definition) is 2. The van der Waals surface area contributed by atoms with Crippen molar-refractivity contribution >= 4 is 13.6 Å². The van der Waals surface area contributed by atoms with Gasteiger partial charge in [-0.1, -0.05) is 58.3 Å². The average Bonchev–Trinajstić information content (AvgIpc) is 2.48. The van der Waals surface area contributed by atoms with Crippen LogP contribution in [0.15, 0.2) is 0 Å². The van der Waals surface area contributed by atoms with Crippen LogP contribution in [0.25, 0.3) is 0 Å². The summed E-state index contributed by atoms with van der Waals surface area (Å²) in [6.45, 7) is 2.10. The Morgan fingerprint density at radius 2 is 1.52 bits per heavy atom. The molecule has 1 unspecified atom stereocenters. The summed E-state index contributed by atoms with van der Waals surface area (Å²) in [4.78, 5) is 29.3. The molecule has 0 aliphatic carbocycles. The molecule has 0 aromatic heterocycles. The van der Waals surface area contributed by atoms with Crippen LogP contribution in [-0.4, -0.2) is 41.7 Å². The summed E-state index contributed by atoms with van der Waals surface area (Å²) >= 11 is 0. The van der Waals surface area contributed by atoms with Crippen molar-refractivity contribution in [2.75, 3.05) is 19.9 Å². The normalized spacial score (nSPS) is 13.0. The van der Waals surface area contributed by atoms with E-state index in [1.807, 2.05) is 0 Å². The van der Waals surface area contributed by atoms with E-state index in [0.717, 1.165) is 19.3 Å². The highest BCUT2D eigenvalue weighted by Gasteiger charge is 2.22. The first-order valence-corrected chi connectivity index (χ1v) is 10.4. The van der Waals surface area contributed by atoms with E-state index in [0.29, 0.717) is 6.42 Å². The van der Waals surface area contributed by atoms with Crippen molar-refractivity contribution in [1.82, 2.24) is 0 Å². The standard InChI is InChI=1S/C16H33O6P/c1-3-4-5-6-7-8-9-10-11-12-16(17)22-13-15(21-2)14-23(18,19)20/h15H,3-14H2,1-2H3,(H2,18,19,20). The second kappa shape index (κ2) is 14.0. The van der Waals surface area contributed by atoms with Gasteiger partial charge in [0, 0.05) is 13.5 Å². The average molecular weight is 352 g/mol. The molecule has 0 bridgehead atoms. The number of unbranched alkanes of at least 4 members (excludes halogenated alkanes) is 8. The zero-order valence-corrected chi connectivity index (χ0v) is 15.4. The Morgan fingerprint density at radius 1 is 1.00 bits per heavy atom. The third-order valence-corrected chi connectivity index (χ3v) is 4.57. The molecule has 1 atom stereocenters. The third-order valence-electron chi connectivity index (χ3n) is 3.69. The van der Waals surface area contributed by atoms with Gasteiger partial charge in [-0.15, -0.1) is 0 Å².